The maximum Gasteiger partial charge on any atom is 0.407 e. The van der Waals surface area contributed by atoms with Crippen LogP contribution in [0.25, 0.3) is 0 Å². The van der Waals surface area contributed by atoms with E-state index in [1.807, 2.05) is 32.9 Å². The molecule has 1 aromatic carbocycles. The number of ether oxygens (including phenoxy) is 1. The molecule has 1 amide bonds. The summed E-state index contributed by atoms with van der Waals surface area (Å²) in [5.41, 5.74) is 3.04. The molecular formula is C23H33N3O2. The van der Waals surface area contributed by atoms with Crippen molar-refractivity contribution in [2.75, 3.05) is 13.1 Å². The number of nitrogens with zero attached hydrogens (tertiary/aromatic N) is 2. The van der Waals surface area contributed by atoms with E-state index in [1.54, 1.807) is 0 Å². The number of nitriles is 1. The standard InChI is InChI=1S/C23H33N3O2/c1-23(2,3)28-22(27)25-21-8-5-17(6-9-21)10-12-26-13-11-19-14-18(15-24)4-7-20(19)16-26/h4,7,14,17,21H,5-6,8-13,16H2,1-3H3,(H,25,27)/t17-,21-. The van der Waals surface area contributed by atoms with Crippen LogP contribution in [0.4, 0.5) is 4.79 Å². The number of nitrogens with one attached hydrogen (secondary N) is 1. The third-order valence-corrected chi connectivity index (χ3v) is 5.85. The number of rotatable bonds is 4. The predicted molar refractivity (Wildman–Crippen MR) is 110 cm³/mol. The zero-order chi connectivity index (χ0) is 20.1. The first-order valence-corrected chi connectivity index (χ1v) is 10.6. The highest BCUT2D eigenvalue weighted by atomic mass is 16.6. The quantitative estimate of drug-likeness (QED) is 0.837. The Kier molecular flexibility index (Phi) is 6.61. The number of benzene rings is 1. The number of carbonyl (C=O) groups excluding carboxylic acids is 1. The molecule has 0 bridgehead atoms. The fourth-order valence-electron chi connectivity index (χ4n) is 4.31. The second kappa shape index (κ2) is 8.96. The lowest BCUT2D eigenvalue weighted by Gasteiger charge is -2.33. The molecule has 5 heteroatoms. The first-order chi connectivity index (χ1) is 13.3. The van der Waals surface area contributed by atoms with Crippen molar-refractivity contribution in [1.82, 2.24) is 10.2 Å². The normalized spacial score (nSPS) is 22.8. The van der Waals surface area contributed by atoms with Gasteiger partial charge < -0.3 is 10.1 Å². The van der Waals surface area contributed by atoms with Gasteiger partial charge in [0.2, 0.25) is 0 Å². The Bertz CT molecular complexity index is 724. The van der Waals surface area contributed by atoms with Gasteiger partial charge in [0, 0.05) is 19.1 Å². The minimum atomic E-state index is -0.440. The minimum Gasteiger partial charge on any atom is -0.444 e. The van der Waals surface area contributed by atoms with Gasteiger partial charge in [-0.05, 0) is 95.0 Å². The Morgan fingerprint density at radius 1 is 1.25 bits per heavy atom. The maximum atomic E-state index is 11.9. The van der Waals surface area contributed by atoms with Gasteiger partial charge in [0.05, 0.1) is 11.6 Å². The van der Waals surface area contributed by atoms with Gasteiger partial charge in [0.15, 0.2) is 0 Å². The molecule has 1 aromatic rings. The van der Waals surface area contributed by atoms with Crippen LogP contribution in [0.15, 0.2) is 18.2 Å². The molecular weight excluding hydrogens is 350 g/mol. The summed E-state index contributed by atoms with van der Waals surface area (Å²) in [5.74, 6) is 0.749. The SMILES string of the molecule is CC(C)(C)OC(=O)N[C@H]1CC[C@H](CCN2CCc3cc(C#N)ccc3C2)CC1. The summed E-state index contributed by atoms with van der Waals surface area (Å²) in [6, 6.07) is 8.58. The van der Waals surface area contributed by atoms with Gasteiger partial charge in [-0.15, -0.1) is 0 Å². The average Bonchev–Trinajstić information content (AvgIpc) is 2.65. The van der Waals surface area contributed by atoms with Crippen LogP contribution in [0.2, 0.25) is 0 Å². The van der Waals surface area contributed by atoms with Crippen LogP contribution in [0.5, 0.6) is 0 Å². The Morgan fingerprint density at radius 3 is 2.68 bits per heavy atom. The van der Waals surface area contributed by atoms with E-state index in [0.717, 1.165) is 50.4 Å². The average molecular weight is 384 g/mol. The summed E-state index contributed by atoms with van der Waals surface area (Å²) in [4.78, 5) is 14.5. The van der Waals surface area contributed by atoms with Crippen molar-refractivity contribution in [1.29, 1.82) is 5.26 Å². The molecule has 1 saturated carbocycles. The van der Waals surface area contributed by atoms with Crippen molar-refractivity contribution in [2.45, 2.75) is 77.5 Å². The van der Waals surface area contributed by atoms with Gasteiger partial charge in [-0.25, -0.2) is 4.79 Å². The van der Waals surface area contributed by atoms with Crippen molar-refractivity contribution in [3.63, 3.8) is 0 Å². The molecule has 0 unspecified atom stereocenters. The van der Waals surface area contributed by atoms with Crippen molar-refractivity contribution >= 4 is 6.09 Å². The zero-order valence-electron chi connectivity index (χ0n) is 17.5. The van der Waals surface area contributed by atoms with Crippen LogP contribution >= 0.6 is 0 Å². The number of hydrogen-bond acceptors (Lipinski definition) is 4. The fraction of sp³-hybridized carbons (Fsp3) is 0.652. The molecule has 0 atom stereocenters. The molecule has 5 nitrogen and oxygen atoms in total. The molecule has 28 heavy (non-hydrogen) atoms. The third-order valence-electron chi connectivity index (χ3n) is 5.85. The highest BCUT2D eigenvalue weighted by Gasteiger charge is 2.25. The van der Waals surface area contributed by atoms with E-state index in [-0.39, 0.29) is 12.1 Å². The van der Waals surface area contributed by atoms with E-state index in [2.05, 4.69) is 22.4 Å². The van der Waals surface area contributed by atoms with Gasteiger partial charge in [-0.1, -0.05) is 6.07 Å². The predicted octanol–water partition coefficient (Wildman–Crippen LogP) is 4.39. The second-order valence-corrected chi connectivity index (χ2v) is 9.27. The first kappa shape index (κ1) is 20.7. The van der Waals surface area contributed by atoms with E-state index in [4.69, 9.17) is 10.00 Å². The van der Waals surface area contributed by atoms with Gasteiger partial charge in [-0.2, -0.15) is 5.26 Å². The zero-order valence-corrected chi connectivity index (χ0v) is 17.5. The van der Waals surface area contributed by atoms with E-state index in [1.165, 1.54) is 30.4 Å². The molecule has 1 heterocycles. The largest absolute Gasteiger partial charge is 0.444 e. The van der Waals surface area contributed by atoms with Gasteiger partial charge in [0.25, 0.3) is 0 Å². The van der Waals surface area contributed by atoms with Crippen molar-refractivity contribution in [3.8, 4) is 6.07 Å². The molecule has 1 aliphatic carbocycles. The summed E-state index contributed by atoms with van der Waals surface area (Å²) in [6.07, 6.45) is 6.42. The van der Waals surface area contributed by atoms with Gasteiger partial charge in [-0.3, -0.25) is 4.90 Å². The van der Waals surface area contributed by atoms with Crippen LogP contribution in [0, 0.1) is 17.2 Å². The molecule has 1 N–H and O–H groups in total. The van der Waals surface area contributed by atoms with Crippen LogP contribution in [0.1, 0.15) is 69.6 Å². The van der Waals surface area contributed by atoms with E-state index in [0.29, 0.717) is 0 Å². The third kappa shape index (κ3) is 5.97. The first-order valence-electron chi connectivity index (χ1n) is 10.6. The van der Waals surface area contributed by atoms with E-state index in [9.17, 15) is 4.79 Å². The minimum absolute atomic E-state index is 0.252. The van der Waals surface area contributed by atoms with Crippen molar-refractivity contribution in [3.05, 3.63) is 34.9 Å². The lowest BCUT2D eigenvalue weighted by atomic mass is 9.84. The summed E-state index contributed by atoms with van der Waals surface area (Å²) < 4.78 is 5.36. The molecule has 1 aliphatic heterocycles. The Balaban J connectivity index is 1.38. The lowest BCUT2D eigenvalue weighted by Crippen LogP contribution is -2.41. The fourth-order valence-corrected chi connectivity index (χ4v) is 4.31. The maximum absolute atomic E-state index is 11.9. The topological polar surface area (TPSA) is 65.4 Å². The summed E-state index contributed by atoms with van der Waals surface area (Å²) in [5, 5.41) is 12.1. The highest BCUT2D eigenvalue weighted by Crippen LogP contribution is 2.28. The Hall–Kier alpha value is -2.06. The Labute approximate surface area is 169 Å². The molecule has 0 saturated heterocycles. The van der Waals surface area contributed by atoms with E-state index >= 15 is 0 Å². The molecule has 2 aliphatic rings. The summed E-state index contributed by atoms with van der Waals surface area (Å²) in [7, 11) is 0. The molecule has 0 radical (unpaired) electrons. The number of hydrogen-bond donors (Lipinski definition) is 1. The van der Waals surface area contributed by atoms with Crippen molar-refractivity contribution < 1.29 is 9.53 Å². The number of alkyl carbamates (subject to hydrolysis) is 1. The second-order valence-electron chi connectivity index (χ2n) is 9.27. The lowest BCUT2D eigenvalue weighted by molar-refractivity contribution is 0.0485. The van der Waals surface area contributed by atoms with Gasteiger partial charge >= 0.3 is 6.09 Å². The molecule has 0 aromatic heterocycles. The van der Waals surface area contributed by atoms with Crippen LogP contribution in [0.3, 0.4) is 0 Å². The number of carbonyl (C=O) groups is 1. The summed E-state index contributed by atoms with van der Waals surface area (Å²) in [6.45, 7) is 8.89. The molecule has 0 spiro atoms. The van der Waals surface area contributed by atoms with Gasteiger partial charge in [0.1, 0.15) is 5.60 Å². The number of fused-ring (bicyclic) bond motifs is 1. The monoisotopic (exact) mass is 383 g/mol. The molecule has 152 valence electrons. The highest BCUT2D eigenvalue weighted by molar-refractivity contribution is 5.68. The Morgan fingerprint density at radius 2 is 2.00 bits per heavy atom. The number of amides is 1. The molecule has 1 fully saturated rings. The van der Waals surface area contributed by atoms with Crippen LogP contribution in [-0.2, 0) is 17.7 Å². The van der Waals surface area contributed by atoms with Crippen LogP contribution in [-0.4, -0.2) is 35.7 Å². The van der Waals surface area contributed by atoms with E-state index < -0.39 is 5.60 Å². The van der Waals surface area contributed by atoms with Crippen LogP contribution < -0.4 is 5.32 Å². The molecule has 3 rings (SSSR count). The van der Waals surface area contributed by atoms with Crippen molar-refractivity contribution in [2.24, 2.45) is 5.92 Å². The smallest absolute Gasteiger partial charge is 0.407 e. The summed E-state index contributed by atoms with van der Waals surface area (Å²) >= 11 is 0.